The standard InChI is InChI=1S/C23H35N5O.HI/c1-4-27(5-2)21(20-13-7-6-8-14-20)19-26-23(24-3)25-16-10-12-18-28-17-11-9-15-22(28)29;/h6-9,11,13-15,17,21H,4-5,10,12,16,18-19H2,1-3H3,(H2,24,25,26);1H. The van der Waals surface area contributed by atoms with Gasteiger partial charge in [-0.3, -0.25) is 14.7 Å². The quantitative estimate of drug-likeness (QED) is 0.204. The monoisotopic (exact) mass is 525 g/mol. The van der Waals surface area contributed by atoms with E-state index in [2.05, 4.69) is 64.7 Å². The van der Waals surface area contributed by atoms with Crippen molar-refractivity contribution in [1.82, 2.24) is 20.1 Å². The number of rotatable bonds is 11. The van der Waals surface area contributed by atoms with Gasteiger partial charge in [0.2, 0.25) is 5.56 Å². The van der Waals surface area contributed by atoms with Gasteiger partial charge in [0.15, 0.2) is 5.96 Å². The van der Waals surface area contributed by atoms with E-state index in [0.717, 1.165) is 51.5 Å². The first-order valence-corrected chi connectivity index (χ1v) is 10.6. The Kier molecular flexibility index (Phi) is 13.1. The van der Waals surface area contributed by atoms with Gasteiger partial charge in [0.1, 0.15) is 0 Å². The lowest BCUT2D eigenvalue weighted by Crippen LogP contribution is -2.43. The van der Waals surface area contributed by atoms with Gasteiger partial charge in [-0.1, -0.05) is 50.2 Å². The highest BCUT2D eigenvalue weighted by Crippen LogP contribution is 2.19. The molecule has 0 amide bonds. The predicted octanol–water partition coefficient (Wildman–Crippen LogP) is 3.49. The number of hydrogen-bond acceptors (Lipinski definition) is 3. The zero-order chi connectivity index (χ0) is 20.9. The number of aliphatic imine (C=N–C) groups is 1. The zero-order valence-corrected chi connectivity index (χ0v) is 20.7. The van der Waals surface area contributed by atoms with Gasteiger partial charge in [0.25, 0.3) is 0 Å². The second-order valence-electron chi connectivity index (χ2n) is 6.97. The van der Waals surface area contributed by atoms with Crippen molar-refractivity contribution in [2.75, 3.05) is 33.2 Å². The number of guanidine groups is 1. The first-order valence-electron chi connectivity index (χ1n) is 10.6. The lowest BCUT2D eigenvalue weighted by molar-refractivity contribution is 0.219. The Balaban J connectivity index is 0.00000450. The molecule has 0 aliphatic carbocycles. The highest BCUT2D eigenvalue weighted by Gasteiger charge is 2.18. The van der Waals surface area contributed by atoms with Gasteiger partial charge in [-0.05, 0) is 37.6 Å². The molecule has 0 aliphatic rings. The lowest BCUT2D eigenvalue weighted by atomic mass is 10.1. The summed E-state index contributed by atoms with van der Waals surface area (Å²) in [7, 11) is 1.80. The Labute approximate surface area is 197 Å². The van der Waals surface area contributed by atoms with Crippen LogP contribution in [0, 0.1) is 0 Å². The molecule has 2 rings (SSSR count). The number of benzene rings is 1. The molecular formula is C23H36IN5O. The van der Waals surface area contributed by atoms with E-state index in [-0.39, 0.29) is 29.5 Å². The van der Waals surface area contributed by atoms with Crippen LogP contribution < -0.4 is 16.2 Å². The fraction of sp³-hybridized carbons (Fsp3) is 0.478. The van der Waals surface area contributed by atoms with Crippen LogP contribution in [0.15, 0.2) is 64.5 Å². The average molecular weight is 525 g/mol. The summed E-state index contributed by atoms with van der Waals surface area (Å²) >= 11 is 0. The van der Waals surface area contributed by atoms with Crippen LogP contribution in [-0.2, 0) is 6.54 Å². The second kappa shape index (κ2) is 15.0. The molecule has 1 heterocycles. The van der Waals surface area contributed by atoms with Crippen molar-refractivity contribution in [3.8, 4) is 0 Å². The minimum Gasteiger partial charge on any atom is -0.356 e. The average Bonchev–Trinajstić information content (AvgIpc) is 2.76. The van der Waals surface area contributed by atoms with E-state index in [0.29, 0.717) is 6.04 Å². The second-order valence-corrected chi connectivity index (χ2v) is 6.97. The van der Waals surface area contributed by atoms with Crippen molar-refractivity contribution in [3.63, 3.8) is 0 Å². The summed E-state index contributed by atoms with van der Waals surface area (Å²) < 4.78 is 1.75. The molecule has 166 valence electrons. The summed E-state index contributed by atoms with van der Waals surface area (Å²) in [5.41, 5.74) is 1.37. The van der Waals surface area contributed by atoms with E-state index in [1.807, 2.05) is 12.3 Å². The number of nitrogens with zero attached hydrogens (tertiary/aromatic N) is 3. The van der Waals surface area contributed by atoms with Gasteiger partial charge in [0.05, 0.1) is 6.04 Å². The third kappa shape index (κ3) is 8.47. The molecule has 30 heavy (non-hydrogen) atoms. The molecule has 2 aromatic rings. The van der Waals surface area contributed by atoms with E-state index < -0.39 is 0 Å². The Morgan fingerprint density at radius 2 is 1.73 bits per heavy atom. The number of aryl methyl sites for hydroxylation is 1. The van der Waals surface area contributed by atoms with Crippen LogP contribution in [0.25, 0.3) is 0 Å². The minimum absolute atomic E-state index is 0. The largest absolute Gasteiger partial charge is 0.356 e. The van der Waals surface area contributed by atoms with Crippen LogP contribution in [0.3, 0.4) is 0 Å². The van der Waals surface area contributed by atoms with Crippen molar-refractivity contribution in [2.45, 2.75) is 39.3 Å². The molecule has 0 bridgehead atoms. The van der Waals surface area contributed by atoms with Gasteiger partial charge in [-0.2, -0.15) is 0 Å². The smallest absolute Gasteiger partial charge is 0.250 e. The zero-order valence-electron chi connectivity index (χ0n) is 18.4. The fourth-order valence-electron chi connectivity index (χ4n) is 3.47. The summed E-state index contributed by atoms with van der Waals surface area (Å²) in [6.07, 6.45) is 3.76. The normalized spacial score (nSPS) is 12.3. The molecule has 2 N–H and O–H groups in total. The molecule has 1 aromatic heterocycles. The number of pyridine rings is 1. The number of halogens is 1. The van der Waals surface area contributed by atoms with Crippen LogP contribution in [0.4, 0.5) is 0 Å². The third-order valence-electron chi connectivity index (χ3n) is 5.14. The highest BCUT2D eigenvalue weighted by molar-refractivity contribution is 14.0. The molecule has 0 saturated carbocycles. The molecule has 1 aromatic carbocycles. The van der Waals surface area contributed by atoms with E-state index in [9.17, 15) is 4.79 Å². The number of unbranched alkanes of at least 4 members (excludes halogenated alkanes) is 1. The summed E-state index contributed by atoms with van der Waals surface area (Å²) in [6, 6.07) is 16.2. The van der Waals surface area contributed by atoms with Gasteiger partial charge in [0, 0.05) is 38.9 Å². The van der Waals surface area contributed by atoms with Crippen molar-refractivity contribution < 1.29 is 0 Å². The Hall–Kier alpha value is -1.87. The first-order chi connectivity index (χ1) is 14.2. The van der Waals surface area contributed by atoms with E-state index in [1.54, 1.807) is 23.7 Å². The van der Waals surface area contributed by atoms with Gasteiger partial charge >= 0.3 is 0 Å². The van der Waals surface area contributed by atoms with Crippen LogP contribution in [-0.4, -0.2) is 48.7 Å². The molecular weight excluding hydrogens is 489 g/mol. The Morgan fingerprint density at radius 3 is 2.37 bits per heavy atom. The van der Waals surface area contributed by atoms with Crippen LogP contribution in [0.5, 0.6) is 0 Å². The molecule has 1 atom stereocenters. The summed E-state index contributed by atoms with van der Waals surface area (Å²) in [4.78, 5) is 18.5. The molecule has 6 nitrogen and oxygen atoms in total. The van der Waals surface area contributed by atoms with E-state index in [4.69, 9.17) is 0 Å². The van der Waals surface area contributed by atoms with Crippen LogP contribution >= 0.6 is 24.0 Å². The molecule has 0 fully saturated rings. The topological polar surface area (TPSA) is 61.7 Å². The van der Waals surface area contributed by atoms with Crippen LogP contribution in [0.2, 0.25) is 0 Å². The number of likely N-dealkylation sites (N-methyl/N-ethyl adjacent to an activating group) is 1. The summed E-state index contributed by atoms with van der Waals surface area (Å²) in [6.45, 7) is 8.76. The van der Waals surface area contributed by atoms with Crippen molar-refractivity contribution in [3.05, 3.63) is 70.6 Å². The van der Waals surface area contributed by atoms with E-state index in [1.165, 1.54) is 5.56 Å². The maximum absolute atomic E-state index is 11.7. The number of aromatic nitrogens is 1. The SMILES string of the molecule is CCN(CC)C(CNC(=NC)NCCCCn1ccccc1=O)c1ccccc1.I. The summed E-state index contributed by atoms with van der Waals surface area (Å²) in [5.74, 6) is 0.815. The first kappa shape index (κ1) is 26.2. The molecule has 0 aliphatic heterocycles. The summed E-state index contributed by atoms with van der Waals surface area (Å²) in [5, 5.41) is 6.86. The minimum atomic E-state index is 0. The molecule has 1 unspecified atom stereocenters. The maximum atomic E-state index is 11.7. The molecule has 7 heteroatoms. The van der Waals surface area contributed by atoms with Gasteiger partial charge in [-0.15, -0.1) is 24.0 Å². The van der Waals surface area contributed by atoms with Crippen molar-refractivity contribution in [1.29, 1.82) is 0 Å². The van der Waals surface area contributed by atoms with Crippen LogP contribution in [0.1, 0.15) is 38.3 Å². The number of hydrogen-bond donors (Lipinski definition) is 2. The maximum Gasteiger partial charge on any atom is 0.250 e. The van der Waals surface area contributed by atoms with Crippen molar-refractivity contribution >= 4 is 29.9 Å². The Morgan fingerprint density at radius 1 is 1.03 bits per heavy atom. The Bertz CT molecular complexity index is 789. The van der Waals surface area contributed by atoms with Crippen molar-refractivity contribution in [2.24, 2.45) is 4.99 Å². The van der Waals surface area contributed by atoms with Gasteiger partial charge < -0.3 is 15.2 Å². The van der Waals surface area contributed by atoms with E-state index >= 15 is 0 Å². The third-order valence-corrected chi connectivity index (χ3v) is 5.14. The number of nitrogens with one attached hydrogen (secondary N) is 2. The molecule has 0 spiro atoms. The molecule has 0 radical (unpaired) electrons. The predicted molar refractivity (Wildman–Crippen MR) is 137 cm³/mol. The fourth-order valence-corrected chi connectivity index (χ4v) is 3.47. The van der Waals surface area contributed by atoms with Gasteiger partial charge in [-0.25, -0.2) is 0 Å². The highest BCUT2D eigenvalue weighted by atomic mass is 127. The lowest BCUT2D eigenvalue weighted by Gasteiger charge is -2.30. The molecule has 0 saturated heterocycles.